The number of hydrogen-bond acceptors (Lipinski definition) is 3. The van der Waals surface area contributed by atoms with Crippen molar-refractivity contribution < 1.29 is 9.90 Å². The maximum Gasteiger partial charge on any atom is 0.237 e. The fourth-order valence-electron chi connectivity index (χ4n) is 4.37. The van der Waals surface area contributed by atoms with Gasteiger partial charge in [0, 0.05) is 12.1 Å². The second-order valence-corrected chi connectivity index (χ2v) is 7.80. The van der Waals surface area contributed by atoms with Gasteiger partial charge in [-0.25, -0.2) is 0 Å². The molecule has 0 aromatic heterocycles. The second-order valence-electron chi connectivity index (χ2n) is 7.80. The molecule has 2 aliphatic rings. The highest BCUT2D eigenvalue weighted by molar-refractivity contribution is 5.82. The first-order valence-corrected chi connectivity index (χ1v) is 9.97. The molecule has 0 unspecified atom stereocenters. The van der Waals surface area contributed by atoms with Gasteiger partial charge in [-0.1, -0.05) is 31.4 Å². The van der Waals surface area contributed by atoms with Gasteiger partial charge >= 0.3 is 0 Å². The van der Waals surface area contributed by atoms with Crippen LogP contribution in [0.4, 0.5) is 0 Å². The normalized spacial score (nSPS) is 23.5. The summed E-state index contributed by atoms with van der Waals surface area (Å²) in [5, 5.41) is 12.6. The third kappa shape index (κ3) is 4.97. The monoisotopic (exact) mass is 344 g/mol. The Morgan fingerprint density at radius 2 is 1.84 bits per heavy atom. The van der Waals surface area contributed by atoms with Crippen molar-refractivity contribution in [1.82, 2.24) is 10.2 Å². The highest BCUT2D eigenvalue weighted by Crippen LogP contribution is 2.29. The van der Waals surface area contributed by atoms with Crippen LogP contribution in [0.2, 0.25) is 0 Å². The summed E-state index contributed by atoms with van der Waals surface area (Å²) in [6.07, 6.45) is 10.4. The van der Waals surface area contributed by atoms with Crippen molar-refractivity contribution in [1.29, 1.82) is 0 Å². The largest absolute Gasteiger partial charge is 0.508 e. The molecule has 1 aromatic carbocycles. The zero-order valence-electron chi connectivity index (χ0n) is 15.4. The Labute approximate surface area is 151 Å². The van der Waals surface area contributed by atoms with E-state index < -0.39 is 0 Å². The lowest BCUT2D eigenvalue weighted by molar-refractivity contribution is -0.129. The third-order valence-electron chi connectivity index (χ3n) is 5.83. The molecule has 138 valence electrons. The van der Waals surface area contributed by atoms with E-state index in [0.717, 1.165) is 25.8 Å². The van der Waals surface area contributed by atoms with Crippen LogP contribution in [0.25, 0.3) is 0 Å². The van der Waals surface area contributed by atoms with Gasteiger partial charge in [0.1, 0.15) is 5.75 Å². The van der Waals surface area contributed by atoms with Gasteiger partial charge in [0.15, 0.2) is 0 Å². The number of amides is 1. The molecule has 25 heavy (non-hydrogen) atoms. The molecule has 1 aliphatic heterocycles. The summed E-state index contributed by atoms with van der Waals surface area (Å²) in [5.41, 5.74) is 1.20. The molecule has 0 bridgehead atoms. The Kier molecular flexibility index (Phi) is 6.35. The fraction of sp³-hybridized carbons (Fsp3) is 0.667. The van der Waals surface area contributed by atoms with Crippen LogP contribution in [0.3, 0.4) is 0 Å². The molecule has 4 heteroatoms. The summed E-state index contributed by atoms with van der Waals surface area (Å²) in [6, 6.07) is 8.23. The average molecular weight is 344 g/mol. The van der Waals surface area contributed by atoms with Crippen LogP contribution in [0.15, 0.2) is 24.3 Å². The van der Waals surface area contributed by atoms with E-state index in [1.165, 1.54) is 44.1 Å². The number of carbonyl (C=O) groups is 1. The Hall–Kier alpha value is -1.55. The SMILES string of the molecule is C[C@@H](CCc1ccc(O)cc1)NC(=O)[C@H]1CCCCN1C1CCCC1. The van der Waals surface area contributed by atoms with Crippen molar-refractivity contribution in [2.75, 3.05) is 6.54 Å². The van der Waals surface area contributed by atoms with E-state index in [4.69, 9.17) is 0 Å². The van der Waals surface area contributed by atoms with Crippen LogP contribution in [0.1, 0.15) is 63.9 Å². The van der Waals surface area contributed by atoms with Crippen LogP contribution in [-0.2, 0) is 11.2 Å². The van der Waals surface area contributed by atoms with Gasteiger partial charge in [-0.15, -0.1) is 0 Å². The lowest BCUT2D eigenvalue weighted by Crippen LogP contribution is -2.54. The Morgan fingerprint density at radius 3 is 2.56 bits per heavy atom. The van der Waals surface area contributed by atoms with Crippen LogP contribution < -0.4 is 5.32 Å². The van der Waals surface area contributed by atoms with Gasteiger partial charge < -0.3 is 10.4 Å². The molecule has 1 saturated heterocycles. The summed E-state index contributed by atoms with van der Waals surface area (Å²) < 4.78 is 0. The standard InChI is InChI=1S/C21H32N2O2/c1-16(9-10-17-11-13-19(24)14-12-17)22-21(25)20-8-4-5-15-23(20)18-6-2-3-7-18/h11-14,16,18,20,24H,2-10,15H2,1H3,(H,22,25)/t16-,20+/m0/s1. The molecule has 1 aliphatic carbocycles. The zero-order valence-corrected chi connectivity index (χ0v) is 15.4. The van der Waals surface area contributed by atoms with Crippen molar-refractivity contribution >= 4 is 5.91 Å². The lowest BCUT2D eigenvalue weighted by Gasteiger charge is -2.39. The van der Waals surface area contributed by atoms with Gasteiger partial charge in [0.05, 0.1) is 6.04 Å². The van der Waals surface area contributed by atoms with Crippen LogP contribution in [0.5, 0.6) is 5.75 Å². The van der Waals surface area contributed by atoms with Crippen molar-refractivity contribution in [3.05, 3.63) is 29.8 Å². The number of phenols is 1. The fourth-order valence-corrected chi connectivity index (χ4v) is 4.37. The number of aryl methyl sites for hydroxylation is 1. The van der Waals surface area contributed by atoms with Crippen molar-refractivity contribution in [3.63, 3.8) is 0 Å². The maximum absolute atomic E-state index is 12.8. The number of benzene rings is 1. The number of likely N-dealkylation sites (tertiary alicyclic amines) is 1. The number of nitrogens with zero attached hydrogens (tertiary/aromatic N) is 1. The third-order valence-corrected chi connectivity index (χ3v) is 5.83. The molecular weight excluding hydrogens is 312 g/mol. The quantitative estimate of drug-likeness (QED) is 0.828. The molecule has 2 fully saturated rings. The molecule has 1 amide bonds. The molecule has 0 spiro atoms. The van der Waals surface area contributed by atoms with E-state index in [0.29, 0.717) is 11.8 Å². The highest BCUT2D eigenvalue weighted by atomic mass is 16.3. The minimum Gasteiger partial charge on any atom is -0.508 e. The second kappa shape index (κ2) is 8.70. The number of aromatic hydroxyl groups is 1. The number of hydrogen-bond donors (Lipinski definition) is 2. The summed E-state index contributed by atoms with van der Waals surface area (Å²) >= 11 is 0. The maximum atomic E-state index is 12.8. The topological polar surface area (TPSA) is 52.6 Å². The molecule has 4 nitrogen and oxygen atoms in total. The molecule has 3 rings (SSSR count). The Morgan fingerprint density at radius 1 is 1.16 bits per heavy atom. The average Bonchev–Trinajstić information content (AvgIpc) is 3.16. The molecule has 1 heterocycles. The number of nitrogens with one attached hydrogen (secondary N) is 1. The first kappa shape index (κ1) is 18.2. The van der Waals surface area contributed by atoms with Crippen molar-refractivity contribution in [2.24, 2.45) is 0 Å². The van der Waals surface area contributed by atoms with Gasteiger partial charge in [0.25, 0.3) is 0 Å². The molecule has 0 radical (unpaired) electrons. The summed E-state index contributed by atoms with van der Waals surface area (Å²) in [7, 11) is 0. The number of rotatable bonds is 6. The van der Waals surface area contributed by atoms with E-state index >= 15 is 0 Å². The molecule has 2 N–H and O–H groups in total. The first-order valence-electron chi connectivity index (χ1n) is 9.97. The number of phenolic OH excluding ortho intramolecular Hbond substituents is 1. The lowest BCUT2D eigenvalue weighted by atomic mass is 9.97. The van der Waals surface area contributed by atoms with Gasteiger partial charge in [-0.2, -0.15) is 0 Å². The van der Waals surface area contributed by atoms with Crippen molar-refractivity contribution in [3.8, 4) is 5.75 Å². The summed E-state index contributed by atoms with van der Waals surface area (Å²) in [6.45, 7) is 3.19. The first-order chi connectivity index (χ1) is 12.1. The van der Waals surface area contributed by atoms with Crippen LogP contribution >= 0.6 is 0 Å². The molecule has 1 aromatic rings. The molecular formula is C21H32N2O2. The number of piperidine rings is 1. The summed E-state index contributed by atoms with van der Waals surface area (Å²) in [4.78, 5) is 15.3. The molecule has 2 atom stereocenters. The Bertz CT molecular complexity index is 552. The van der Waals surface area contributed by atoms with Crippen LogP contribution in [-0.4, -0.2) is 40.6 Å². The summed E-state index contributed by atoms with van der Waals surface area (Å²) in [5.74, 6) is 0.527. The van der Waals surface area contributed by atoms with Gasteiger partial charge in [-0.3, -0.25) is 9.69 Å². The number of carbonyl (C=O) groups excluding carboxylic acids is 1. The van der Waals surface area contributed by atoms with E-state index in [1.807, 2.05) is 12.1 Å². The van der Waals surface area contributed by atoms with E-state index in [-0.39, 0.29) is 18.0 Å². The zero-order chi connectivity index (χ0) is 17.6. The van der Waals surface area contributed by atoms with Crippen molar-refractivity contribution in [2.45, 2.75) is 82.8 Å². The Balaban J connectivity index is 1.50. The smallest absolute Gasteiger partial charge is 0.237 e. The molecule has 1 saturated carbocycles. The van der Waals surface area contributed by atoms with Gasteiger partial charge in [-0.05, 0) is 69.7 Å². The predicted octanol–water partition coefficient (Wildman–Crippen LogP) is 3.63. The van der Waals surface area contributed by atoms with E-state index in [1.54, 1.807) is 12.1 Å². The predicted molar refractivity (Wildman–Crippen MR) is 101 cm³/mol. The van der Waals surface area contributed by atoms with Crippen LogP contribution in [0, 0.1) is 0 Å². The minimum absolute atomic E-state index is 0.0768. The van der Waals surface area contributed by atoms with E-state index in [2.05, 4.69) is 17.1 Å². The minimum atomic E-state index is 0.0768. The van der Waals surface area contributed by atoms with Gasteiger partial charge in [0.2, 0.25) is 5.91 Å². The van der Waals surface area contributed by atoms with E-state index in [9.17, 15) is 9.90 Å². The highest BCUT2D eigenvalue weighted by Gasteiger charge is 2.34.